The van der Waals surface area contributed by atoms with E-state index in [-0.39, 0.29) is 11.7 Å². The Kier molecular flexibility index (Phi) is 7.45. The molecule has 2 atom stereocenters. The summed E-state index contributed by atoms with van der Waals surface area (Å²) in [6.45, 7) is 2.51. The van der Waals surface area contributed by atoms with Crippen LogP contribution in [0.4, 0.5) is 11.4 Å². The van der Waals surface area contributed by atoms with E-state index in [2.05, 4.69) is 5.32 Å². The highest BCUT2D eigenvalue weighted by molar-refractivity contribution is 5.50. The smallest absolute Gasteiger partial charge is 0.269 e. The SMILES string of the molecule is CCOc1ccc(C(CC(O)c2ccc(OC)cc2)Nc2ccc([N+](=O)[O-])cc2)cc1. The van der Waals surface area contributed by atoms with Crippen LogP contribution in [0.25, 0.3) is 0 Å². The second-order valence-electron chi connectivity index (χ2n) is 7.03. The second-order valence-corrected chi connectivity index (χ2v) is 7.03. The fourth-order valence-corrected chi connectivity index (χ4v) is 3.31. The lowest BCUT2D eigenvalue weighted by Gasteiger charge is -2.24. The van der Waals surface area contributed by atoms with E-state index in [1.165, 1.54) is 12.1 Å². The van der Waals surface area contributed by atoms with Crippen molar-refractivity contribution in [2.75, 3.05) is 19.0 Å². The first-order valence-corrected chi connectivity index (χ1v) is 10.1. The molecule has 7 heteroatoms. The third-order valence-electron chi connectivity index (χ3n) is 4.97. The van der Waals surface area contributed by atoms with Crippen LogP contribution in [0.1, 0.15) is 36.6 Å². The molecule has 3 aromatic rings. The van der Waals surface area contributed by atoms with Gasteiger partial charge in [-0.15, -0.1) is 0 Å². The summed E-state index contributed by atoms with van der Waals surface area (Å²) >= 11 is 0. The average Bonchev–Trinajstić information content (AvgIpc) is 2.79. The molecule has 0 spiro atoms. The third-order valence-corrected chi connectivity index (χ3v) is 4.97. The Labute approximate surface area is 181 Å². The highest BCUT2D eigenvalue weighted by Crippen LogP contribution is 2.32. The largest absolute Gasteiger partial charge is 0.497 e. The van der Waals surface area contributed by atoms with Crippen LogP contribution < -0.4 is 14.8 Å². The maximum absolute atomic E-state index is 10.9. The molecule has 0 aliphatic rings. The van der Waals surface area contributed by atoms with Crippen LogP contribution in [-0.4, -0.2) is 23.7 Å². The van der Waals surface area contributed by atoms with Crippen molar-refractivity contribution in [1.29, 1.82) is 0 Å². The maximum atomic E-state index is 10.9. The quantitative estimate of drug-likeness (QED) is 0.341. The number of hydrogen-bond donors (Lipinski definition) is 2. The number of rotatable bonds is 10. The van der Waals surface area contributed by atoms with Crippen LogP contribution in [0.5, 0.6) is 11.5 Å². The highest BCUT2D eigenvalue weighted by Gasteiger charge is 2.19. The minimum Gasteiger partial charge on any atom is -0.497 e. The van der Waals surface area contributed by atoms with E-state index in [1.807, 2.05) is 55.5 Å². The summed E-state index contributed by atoms with van der Waals surface area (Å²) in [5.41, 5.74) is 2.50. The van der Waals surface area contributed by atoms with Crippen molar-refractivity contribution in [3.05, 3.63) is 94.0 Å². The van der Waals surface area contributed by atoms with Gasteiger partial charge in [0.25, 0.3) is 5.69 Å². The fraction of sp³-hybridized carbons (Fsp3) is 0.250. The number of methoxy groups -OCH3 is 1. The molecule has 0 saturated carbocycles. The molecule has 0 saturated heterocycles. The van der Waals surface area contributed by atoms with E-state index in [0.29, 0.717) is 13.0 Å². The van der Waals surface area contributed by atoms with E-state index in [9.17, 15) is 15.2 Å². The van der Waals surface area contributed by atoms with Gasteiger partial charge in [-0.25, -0.2) is 0 Å². The van der Waals surface area contributed by atoms with E-state index >= 15 is 0 Å². The highest BCUT2D eigenvalue weighted by atomic mass is 16.6. The molecule has 0 heterocycles. The van der Waals surface area contributed by atoms with E-state index in [1.54, 1.807) is 19.2 Å². The standard InChI is InChI=1S/C24H26N2O5/c1-3-31-22-14-4-17(5-15-22)23(25-19-8-10-20(11-9-19)26(28)29)16-24(27)18-6-12-21(30-2)13-7-18/h4-15,23-25,27H,3,16H2,1-2H3. The van der Waals surface area contributed by atoms with Gasteiger partial charge in [0, 0.05) is 24.2 Å². The minimum atomic E-state index is -0.715. The van der Waals surface area contributed by atoms with Crippen LogP contribution >= 0.6 is 0 Å². The van der Waals surface area contributed by atoms with Gasteiger partial charge in [-0.1, -0.05) is 24.3 Å². The van der Waals surface area contributed by atoms with Crippen molar-refractivity contribution >= 4 is 11.4 Å². The summed E-state index contributed by atoms with van der Waals surface area (Å²) in [5.74, 6) is 1.50. The predicted octanol–water partition coefficient (Wildman–Crippen LogP) is 5.28. The monoisotopic (exact) mass is 422 g/mol. The molecule has 0 bridgehead atoms. The van der Waals surface area contributed by atoms with Crippen LogP contribution in [0.15, 0.2) is 72.8 Å². The Balaban J connectivity index is 1.82. The first-order chi connectivity index (χ1) is 15.0. The van der Waals surface area contributed by atoms with Gasteiger partial charge in [0.2, 0.25) is 0 Å². The molecule has 2 unspecified atom stereocenters. The van der Waals surface area contributed by atoms with Crippen molar-refractivity contribution in [3.8, 4) is 11.5 Å². The molecule has 3 aromatic carbocycles. The maximum Gasteiger partial charge on any atom is 0.269 e. The minimum absolute atomic E-state index is 0.0291. The first-order valence-electron chi connectivity index (χ1n) is 10.1. The summed E-state index contributed by atoms with van der Waals surface area (Å²) in [6, 6.07) is 21.0. The van der Waals surface area contributed by atoms with E-state index in [0.717, 1.165) is 28.3 Å². The Morgan fingerprint density at radius 3 is 2.06 bits per heavy atom. The normalized spacial score (nSPS) is 12.6. The molecular weight excluding hydrogens is 396 g/mol. The number of anilines is 1. The number of hydrogen-bond acceptors (Lipinski definition) is 6. The van der Waals surface area contributed by atoms with Gasteiger partial charge in [-0.2, -0.15) is 0 Å². The first kappa shape index (κ1) is 22.1. The molecular formula is C24H26N2O5. The summed E-state index contributed by atoms with van der Waals surface area (Å²) in [6.07, 6.45) is -0.315. The third kappa shape index (κ3) is 5.96. The summed E-state index contributed by atoms with van der Waals surface area (Å²) in [5, 5.41) is 25.2. The number of non-ortho nitro benzene ring substituents is 1. The molecule has 162 valence electrons. The molecule has 2 N–H and O–H groups in total. The zero-order chi connectivity index (χ0) is 22.2. The molecule has 0 aliphatic carbocycles. The molecule has 0 aliphatic heterocycles. The zero-order valence-electron chi connectivity index (χ0n) is 17.5. The van der Waals surface area contributed by atoms with Crippen molar-refractivity contribution in [3.63, 3.8) is 0 Å². The fourth-order valence-electron chi connectivity index (χ4n) is 3.31. The number of aliphatic hydroxyl groups is 1. The van der Waals surface area contributed by atoms with Crippen LogP contribution in [0.2, 0.25) is 0 Å². The van der Waals surface area contributed by atoms with E-state index < -0.39 is 11.0 Å². The van der Waals surface area contributed by atoms with E-state index in [4.69, 9.17) is 9.47 Å². The molecule has 0 fully saturated rings. The van der Waals surface area contributed by atoms with Gasteiger partial charge >= 0.3 is 0 Å². The van der Waals surface area contributed by atoms with Gasteiger partial charge in [0.15, 0.2) is 0 Å². The Morgan fingerprint density at radius 1 is 0.935 bits per heavy atom. The Bertz CT molecular complexity index is 972. The van der Waals surface area contributed by atoms with Gasteiger partial charge in [-0.05, 0) is 54.4 Å². The number of nitro groups is 1. The average molecular weight is 422 g/mol. The van der Waals surface area contributed by atoms with Crippen molar-refractivity contribution < 1.29 is 19.5 Å². The second kappa shape index (κ2) is 10.4. The Hall–Kier alpha value is -3.58. The van der Waals surface area contributed by atoms with Crippen molar-refractivity contribution in [2.45, 2.75) is 25.5 Å². The number of nitrogens with one attached hydrogen (secondary N) is 1. The predicted molar refractivity (Wildman–Crippen MR) is 120 cm³/mol. The van der Waals surface area contributed by atoms with Crippen molar-refractivity contribution in [2.24, 2.45) is 0 Å². The molecule has 0 amide bonds. The Morgan fingerprint density at radius 2 is 1.52 bits per heavy atom. The molecule has 0 aromatic heterocycles. The van der Waals surface area contributed by atoms with Crippen molar-refractivity contribution in [1.82, 2.24) is 0 Å². The summed E-state index contributed by atoms with van der Waals surface area (Å²) in [7, 11) is 1.60. The lowest BCUT2D eigenvalue weighted by atomic mass is 9.96. The van der Waals surface area contributed by atoms with Gasteiger partial charge in [0.1, 0.15) is 11.5 Å². The lowest BCUT2D eigenvalue weighted by molar-refractivity contribution is -0.384. The number of benzene rings is 3. The van der Waals surface area contributed by atoms with Gasteiger partial charge < -0.3 is 19.9 Å². The number of nitro benzene ring substituents is 1. The summed E-state index contributed by atoms with van der Waals surface area (Å²) < 4.78 is 10.7. The van der Waals surface area contributed by atoms with Crippen LogP contribution in [0.3, 0.4) is 0 Å². The molecule has 3 rings (SSSR count). The van der Waals surface area contributed by atoms with Gasteiger partial charge in [-0.3, -0.25) is 10.1 Å². The summed E-state index contributed by atoms with van der Waals surface area (Å²) in [4.78, 5) is 10.5. The number of ether oxygens (including phenoxy) is 2. The lowest BCUT2D eigenvalue weighted by Crippen LogP contribution is -2.15. The molecule has 7 nitrogen and oxygen atoms in total. The van der Waals surface area contributed by atoms with Crippen LogP contribution in [-0.2, 0) is 0 Å². The van der Waals surface area contributed by atoms with Crippen LogP contribution in [0, 0.1) is 10.1 Å². The number of aliphatic hydroxyl groups excluding tert-OH is 1. The topological polar surface area (TPSA) is 93.9 Å². The zero-order valence-corrected chi connectivity index (χ0v) is 17.5. The van der Waals surface area contributed by atoms with Gasteiger partial charge in [0.05, 0.1) is 30.8 Å². The number of nitrogens with zero attached hydrogens (tertiary/aromatic N) is 1. The molecule has 0 radical (unpaired) electrons. The molecule has 31 heavy (non-hydrogen) atoms.